The fourth-order valence-electron chi connectivity index (χ4n) is 1.80. The molecule has 1 N–H and O–H groups in total. The van der Waals surface area contributed by atoms with Crippen LogP contribution in [0.1, 0.15) is 10.4 Å². The summed E-state index contributed by atoms with van der Waals surface area (Å²) in [6.45, 7) is 0. The molecule has 0 aliphatic carbocycles. The highest BCUT2D eigenvalue weighted by Gasteiger charge is 2.11. The minimum atomic E-state index is -0.978. The summed E-state index contributed by atoms with van der Waals surface area (Å²) in [7, 11) is 0. The molecule has 5 heteroatoms. The molecule has 94 valence electrons. The number of halogens is 1. The van der Waals surface area contributed by atoms with Crippen molar-refractivity contribution >= 4 is 39.7 Å². The summed E-state index contributed by atoms with van der Waals surface area (Å²) >= 11 is 2.22. The van der Waals surface area contributed by atoms with Crippen molar-refractivity contribution in [2.75, 3.05) is 0 Å². The summed E-state index contributed by atoms with van der Waals surface area (Å²) in [5, 5.41) is 8.94. The number of carbonyl (C=O) groups is 1. The summed E-state index contributed by atoms with van der Waals surface area (Å²) in [6, 6.07) is 12.4. The van der Waals surface area contributed by atoms with Crippen molar-refractivity contribution in [3.63, 3.8) is 0 Å². The van der Waals surface area contributed by atoms with Gasteiger partial charge in [0.05, 0.1) is 5.56 Å². The van der Waals surface area contributed by atoms with Crippen molar-refractivity contribution < 1.29 is 14.3 Å². The molecule has 0 aliphatic heterocycles. The molecule has 0 amide bonds. The number of rotatable bonds is 2. The largest absolute Gasteiger partial charge is 0.478 e. The summed E-state index contributed by atoms with van der Waals surface area (Å²) < 4.78 is 6.71. The van der Waals surface area contributed by atoms with Crippen LogP contribution in [0, 0.1) is 3.57 Å². The number of aromatic nitrogens is 1. The van der Waals surface area contributed by atoms with Gasteiger partial charge in [0.1, 0.15) is 5.52 Å². The van der Waals surface area contributed by atoms with Crippen molar-refractivity contribution in [2.45, 2.75) is 0 Å². The van der Waals surface area contributed by atoms with Crippen molar-refractivity contribution in [3.05, 3.63) is 51.6 Å². The lowest BCUT2D eigenvalue weighted by Crippen LogP contribution is -1.94. The number of nitrogens with zero attached hydrogens (tertiary/aromatic N) is 1. The monoisotopic (exact) mass is 365 g/mol. The second-order valence-electron chi connectivity index (χ2n) is 4.02. The van der Waals surface area contributed by atoms with E-state index in [2.05, 4.69) is 27.6 Å². The molecule has 0 atom stereocenters. The van der Waals surface area contributed by atoms with Gasteiger partial charge >= 0.3 is 5.97 Å². The fourth-order valence-corrected chi connectivity index (χ4v) is 2.35. The molecule has 0 aliphatic rings. The molecule has 4 nitrogen and oxygen atoms in total. The van der Waals surface area contributed by atoms with Crippen molar-refractivity contribution in [1.29, 1.82) is 0 Å². The Labute approximate surface area is 122 Å². The molecular weight excluding hydrogens is 357 g/mol. The molecule has 3 aromatic rings. The maximum absolute atomic E-state index is 10.9. The average molecular weight is 365 g/mol. The Morgan fingerprint density at radius 3 is 2.79 bits per heavy atom. The smallest absolute Gasteiger partial charge is 0.335 e. The number of hydrogen-bond donors (Lipinski definition) is 1. The number of fused-ring (bicyclic) bond motifs is 1. The first-order chi connectivity index (χ1) is 9.13. The number of oxazole rings is 1. The number of carboxylic acids is 1. The van der Waals surface area contributed by atoms with Crippen LogP contribution in [0.5, 0.6) is 0 Å². The van der Waals surface area contributed by atoms with Gasteiger partial charge in [0.2, 0.25) is 5.89 Å². The normalized spacial score (nSPS) is 10.8. The molecule has 1 aromatic heterocycles. The highest BCUT2D eigenvalue weighted by atomic mass is 127. The zero-order valence-electron chi connectivity index (χ0n) is 9.63. The van der Waals surface area contributed by atoms with Gasteiger partial charge in [-0.15, -0.1) is 0 Å². The minimum Gasteiger partial charge on any atom is -0.478 e. The first-order valence-electron chi connectivity index (χ1n) is 5.53. The average Bonchev–Trinajstić information content (AvgIpc) is 2.81. The SMILES string of the molecule is O=C(O)c1ccc2nc(-c3cccc(I)c3)oc2c1. The molecule has 0 saturated heterocycles. The van der Waals surface area contributed by atoms with Gasteiger partial charge in [0.15, 0.2) is 5.58 Å². The Bertz CT molecular complexity index is 779. The molecule has 19 heavy (non-hydrogen) atoms. The van der Waals surface area contributed by atoms with E-state index in [-0.39, 0.29) is 5.56 Å². The minimum absolute atomic E-state index is 0.192. The maximum atomic E-state index is 10.9. The standard InChI is InChI=1S/C14H8INO3/c15-10-3-1-2-8(6-10)13-16-11-5-4-9(14(17)18)7-12(11)19-13/h1-7H,(H,17,18). The Kier molecular flexibility index (Phi) is 2.98. The Balaban J connectivity index is 2.14. The zero-order chi connectivity index (χ0) is 13.4. The summed E-state index contributed by atoms with van der Waals surface area (Å²) in [6.07, 6.45) is 0. The fraction of sp³-hybridized carbons (Fsp3) is 0. The predicted molar refractivity (Wildman–Crippen MR) is 79.1 cm³/mol. The molecule has 0 fully saturated rings. The topological polar surface area (TPSA) is 63.3 Å². The Morgan fingerprint density at radius 2 is 2.05 bits per heavy atom. The van der Waals surface area contributed by atoms with E-state index >= 15 is 0 Å². The second kappa shape index (κ2) is 4.65. The number of benzene rings is 2. The third-order valence-corrected chi connectivity index (χ3v) is 3.38. The lowest BCUT2D eigenvalue weighted by Gasteiger charge is -1.95. The molecule has 2 aromatic carbocycles. The van der Waals surface area contributed by atoms with Gasteiger partial charge < -0.3 is 9.52 Å². The summed E-state index contributed by atoms with van der Waals surface area (Å²) in [5.41, 5.74) is 2.20. The van der Waals surface area contributed by atoms with Crippen LogP contribution in [0.4, 0.5) is 0 Å². The van der Waals surface area contributed by atoms with Crippen molar-refractivity contribution in [2.24, 2.45) is 0 Å². The second-order valence-corrected chi connectivity index (χ2v) is 5.26. The van der Waals surface area contributed by atoms with Crippen LogP contribution in [-0.2, 0) is 0 Å². The molecule has 3 rings (SSSR count). The van der Waals surface area contributed by atoms with Crippen LogP contribution in [0.25, 0.3) is 22.6 Å². The quantitative estimate of drug-likeness (QED) is 0.702. The summed E-state index contributed by atoms with van der Waals surface area (Å²) in [4.78, 5) is 15.3. The van der Waals surface area contributed by atoms with Gasteiger partial charge in [-0.1, -0.05) is 6.07 Å². The lowest BCUT2D eigenvalue weighted by molar-refractivity contribution is 0.0697. The highest BCUT2D eigenvalue weighted by molar-refractivity contribution is 14.1. The number of carboxylic acid groups (broad SMARTS) is 1. The van der Waals surface area contributed by atoms with Crippen LogP contribution in [0.3, 0.4) is 0 Å². The first-order valence-corrected chi connectivity index (χ1v) is 6.61. The third-order valence-electron chi connectivity index (χ3n) is 2.71. The van der Waals surface area contributed by atoms with E-state index in [1.807, 2.05) is 24.3 Å². The van der Waals surface area contributed by atoms with E-state index in [0.717, 1.165) is 9.13 Å². The van der Waals surface area contributed by atoms with Gasteiger partial charge in [0.25, 0.3) is 0 Å². The number of hydrogen-bond acceptors (Lipinski definition) is 3. The molecule has 0 radical (unpaired) electrons. The lowest BCUT2D eigenvalue weighted by atomic mass is 10.2. The van der Waals surface area contributed by atoms with Crippen LogP contribution in [0.2, 0.25) is 0 Å². The van der Waals surface area contributed by atoms with E-state index in [0.29, 0.717) is 17.0 Å². The van der Waals surface area contributed by atoms with Gasteiger partial charge in [-0.25, -0.2) is 9.78 Å². The van der Waals surface area contributed by atoms with E-state index in [1.54, 1.807) is 6.07 Å². The van der Waals surface area contributed by atoms with Gasteiger partial charge in [-0.05, 0) is 59.0 Å². The van der Waals surface area contributed by atoms with Crippen molar-refractivity contribution in [1.82, 2.24) is 4.98 Å². The molecule has 1 heterocycles. The molecular formula is C14H8INO3. The molecule has 0 bridgehead atoms. The van der Waals surface area contributed by atoms with E-state index in [9.17, 15) is 4.79 Å². The van der Waals surface area contributed by atoms with E-state index in [4.69, 9.17) is 9.52 Å². The highest BCUT2D eigenvalue weighted by Crippen LogP contribution is 2.25. The summed E-state index contributed by atoms with van der Waals surface area (Å²) in [5.74, 6) is -0.481. The van der Waals surface area contributed by atoms with E-state index < -0.39 is 5.97 Å². The maximum Gasteiger partial charge on any atom is 0.335 e. The Morgan fingerprint density at radius 1 is 1.21 bits per heavy atom. The van der Waals surface area contributed by atoms with Crippen molar-refractivity contribution in [3.8, 4) is 11.5 Å². The molecule has 0 saturated carbocycles. The first kappa shape index (κ1) is 12.2. The zero-order valence-corrected chi connectivity index (χ0v) is 11.8. The number of aromatic carboxylic acids is 1. The third kappa shape index (κ3) is 2.33. The Hall–Kier alpha value is -1.89. The van der Waals surface area contributed by atoms with Gasteiger partial charge in [0, 0.05) is 9.13 Å². The van der Waals surface area contributed by atoms with Crippen LogP contribution in [0.15, 0.2) is 46.9 Å². The van der Waals surface area contributed by atoms with Crippen LogP contribution < -0.4 is 0 Å². The van der Waals surface area contributed by atoms with Crippen LogP contribution in [-0.4, -0.2) is 16.1 Å². The van der Waals surface area contributed by atoms with Gasteiger partial charge in [-0.3, -0.25) is 0 Å². The van der Waals surface area contributed by atoms with Gasteiger partial charge in [-0.2, -0.15) is 0 Å². The molecule has 0 unspecified atom stereocenters. The van der Waals surface area contributed by atoms with E-state index in [1.165, 1.54) is 12.1 Å². The molecule has 0 spiro atoms. The predicted octanol–water partition coefficient (Wildman–Crippen LogP) is 3.80. The van der Waals surface area contributed by atoms with Crippen LogP contribution >= 0.6 is 22.6 Å².